The molecule has 0 spiro atoms. The first kappa shape index (κ1) is 7.09. The number of pyridine rings is 1. The quantitative estimate of drug-likeness (QED) is 0.600. The lowest BCUT2D eigenvalue weighted by atomic mass is 10.2. The Bertz CT molecular complexity index is 335. The molecule has 4 nitrogen and oxygen atoms in total. The molecule has 2 heterocycles. The van der Waals surface area contributed by atoms with Gasteiger partial charge in [0.1, 0.15) is 5.82 Å². The Morgan fingerprint density at radius 3 is 3.25 bits per heavy atom. The number of nitrogens with zero attached hydrogens (tertiary/aromatic N) is 1. The number of carbonyl (C=O) groups is 1. The average Bonchev–Trinajstić information content (AvgIpc) is 2.05. The van der Waals surface area contributed by atoms with E-state index in [2.05, 4.69) is 15.6 Å². The van der Waals surface area contributed by atoms with Crippen LogP contribution in [0.2, 0.25) is 0 Å². The van der Waals surface area contributed by atoms with Gasteiger partial charge < -0.3 is 5.32 Å². The van der Waals surface area contributed by atoms with Gasteiger partial charge in [-0.25, -0.2) is 9.78 Å². The monoisotopic (exact) mass is 163 g/mol. The van der Waals surface area contributed by atoms with Gasteiger partial charge in [0.05, 0.1) is 0 Å². The maximum atomic E-state index is 10.8. The molecule has 2 rings (SSSR count). The van der Waals surface area contributed by atoms with Crippen LogP contribution in [0.1, 0.15) is 11.1 Å². The van der Waals surface area contributed by atoms with Crippen molar-refractivity contribution < 1.29 is 4.79 Å². The number of amides is 2. The van der Waals surface area contributed by atoms with Crippen molar-refractivity contribution in [1.29, 1.82) is 0 Å². The van der Waals surface area contributed by atoms with Crippen molar-refractivity contribution in [3.05, 3.63) is 23.4 Å². The van der Waals surface area contributed by atoms with Crippen molar-refractivity contribution in [1.82, 2.24) is 10.3 Å². The summed E-state index contributed by atoms with van der Waals surface area (Å²) in [5.41, 5.74) is 2.14. The molecule has 0 unspecified atom stereocenters. The molecule has 1 aliphatic rings. The number of aryl methyl sites for hydroxylation is 1. The van der Waals surface area contributed by atoms with Crippen molar-refractivity contribution in [2.75, 3.05) is 5.32 Å². The molecular formula is C8H9N3O. The van der Waals surface area contributed by atoms with Crippen LogP contribution in [0.25, 0.3) is 0 Å². The number of fused-ring (bicyclic) bond motifs is 1. The van der Waals surface area contributed by atoms with E-state index in [1.165, 1.54) is 0 Å². The summed E-state index contributed by atoms with van der Waals surface area (Å²) in [6, 6.07) is 1.83. The smallest absolute Gasteiger partial charge is 0.320 e. The summed E-state index contributed by atoms with van der Waals surface area (Å²) in [6.45, 7) is 2.54. The van der Waals surface area contributed by atoms with Crippen LogP contribution in [0.5, 0.6) is 0 Å². The fraction of sp³-hybridized carbons (Fsp3) is 0.250. The first-order valence-corrected chi connectivity index (χ1v) is 3.76. The van der Waals surface area contributed by atoms with E-state index >= 15 is 0 Å². The molecule has 62 valence electrons. The van der Waals surface area contributed by atoms with Crippen molar-refractivity contribution in [2.24, 2.45) is 0 Å². The molecule has 0 aromatic carbocycles. The summed E-state index contributed by atoms with van der Waals surface area (Å²) in [6.07, 6.45) is 1.74. The van der Waals surface area contributed by atoms with Gasteiger partial charge >= 0.3 is 6.03 Å². The van der Waals surface area contributed by atoms with Crippen LogP contribution in [0.4, 0.5) is 10.6 Å². The second-order valence-electron chi connectivity index (χ2n) is 2.83. The van der Waals surface area contributed by atoms with Crippen LogP contribution in [0.3, 0.4) is 0 Å². The molecule has 0 atom stereocenters. The molecule has 0 saturated carbocycles. The van der Waals surface area contributed by atoms with E-state index < -0.39 is 0 Å². The van der Waals surface area contributed by atoms with Crippen molar-refractivity contribution in [3.8, 4) is 0 Å². The van der Waals surface area contributed by atoms with Crippen LogP contribution in [0.15, 0.2) is 12.3 Å². The van der Waals surface area contributed by atoms with Gasteiger partial charge in [0.25, 0.3) is 0 Å². The summed E-state index contributed by atoms with van der Waals surface area (Å²) < 4.78 is 0. The van der Waals surface area contributed by atoms with Gasteiger partial charge in [-0.05, 0) is 18.6 Å². The molecular weight excluding hydrogens is 154 g/mol. The van der Waals surface area contributed by atoms with Crippen LogP contribution < -0.4 is 10.6 Å². The maximum absolute atomic E-state index is 10.8. The lowest BCUT2D eigenvalue weighted by Gasteiger charge is -2.16. The SMILES string of the molecule is Cc1cnc2c(c1)CNC(=O)N2. The largest absolute Gasteiger partial charge is 0.334 e. The Balaban J connectivity index is 2.43. The predicted octanol–water partition coefficient (Wildman–Crippen LogP) is 1.03. The zero-order chi connectivity index (χ0) is 8.55. The average molecular weight is 163 g/mol. The number of urea groups is 1. The highest BCUT2D eigenvalue weighted by Gasteiger charge is 2.13. The van der Waals surface area contributed by atoms with Crippen molar-refractivity contribution in [3.63, 3.8) is 0 Å². The Morgan fingerprint density at radius 1 is 1.58 bits per heavy atom. The number of hydrogen-bond acceptors (Lipinski definition) is 2. The Kier molecular flexibility index (Phi) is 1.46. The summed E-state index contributed by atoms with van der Waals surface area (Å²) >= 11 is 0. The normalized spacial score (nSPS) is 14.6. The minimum Gasteiger partial charge on any atom is -0.334 e. The van der Waals surface area contributed by atoms with Gasteiger partial charge in [-0.1, -0.05) is 0 Å². The first-order chi connectivity index (χ1) is 5.75. The highest BCUT2D eigenvalue weighted by Crippen LogP contribution is 2.16. The van der Waals surface area contributed by atoms with E-state index in [1.54, 1.807) is 6.20 Å². The van der Waals surface area contributed by atoms with Crippen LogP contribution in [-0.2, 0) is 6.54 Å². The predicted molar refractivity (Wildman–Crippen MR) is 44.8 cm³/mol. The Morgan fingerprint density at radius 2 is 2.42 bits per heavy atom. The molecule has 4 heteroatoms. The summed E-state index contributed by atoms with van der Waals surface area (Å²) in [4.78, 5) is 14.9. The maximum Gasteiger partial charge on any atom is 0.320 e. The van der Waals surface area contributed by atoms with Crippen LogP contribution in [-0.4, -0.2) is 11.0 Å². The third-order valence-electron chi connectivity index (χ3n) is 1.77. The Hall–Kier alpha value is -1.58. The molecule has 2 N–H and O–H groups in total. The third kappa shape index (κ3) is 1.11. The van der Waals surface area contributed by atoms with E-state index in [0.29, 0.717) is 12.4 Å². The topological polar surface area (TPSA) is 54.0 Å². The zero-order valence-electron chi connectivity index (χ0n) is 6.72. The standard InChI is InChI=1S/C8H9N3O/c1-5-2-6-4-10-8(12)11-7(6)9-3-5/h2-3H,4H2,1H3,(H2,9,10,11,12). The summed E-state index contributed by atoms with van der Waals surface area (Å²) in [5, 5.41) is 5.30. The van der Waals surface area contributed by atoms with E-state index in [9.17, 15) is 4.79 Å². The summed E-state index contributed by atoms with van der Waals surface area (Å²) in [5.74, 6) is 0.671. The van der Waals surface area contributed by atoms with Gasteiger partial charge in [0.2, 0.25) is 0 Å². The fourth-order valence-electron chi connectivity index (χ4n) is 1.20. The Labute approximate surface area is 70.0 Å². The number of anilines is 1. The molecule has 0 bridgehead atoms. The van der Waals surface area contributed by atoms with E-state index in [0.717, 1.165) is 11.1 Å². The van der Waals surface area contributed by atoms with Crippen LogP contribution >= 0.6 is 0 Å². The first-order valence-electron chi connectivity index (χ1n) is 3.76. The molecule has 1 aliphatic heterocycles. The van der Waals surface area contributed by atoms with E-state index in [1.807, 2.05) is 13.0 Å². The van der Waals surface area contributed by atoms with Crippen molar-refractivity contribution in [2.45, 2.75) is 13.5 Å². The highest BCUT2D eigenvalue weighted by atomic mass is 16.2. The van der Waals surface area contributed by atoms with Gasteiger partial charge in [-0.3, -0.25) is 5.32 Å². The highest BCUT2D eigenvalue weighted by molar-refractivity contribution is 5.90. The molecule has 0 aliphatic carbocycles. The number of hydrogen-bond donors (Lipinski definition) is 2. The fourth-order valence-corrected chi connectivity index (χ4v) is 1.20. The lowest BCUT2D eigenvalue weighted by Crippen LogP contribution is -2.33. The van der Waals surface area contributed by atoms with E-state index in [4.69, 9.17) is 0 Å². The second kappa shape index (κ2) is 2.48. The minimum absolute atomic E-state index is 0.182. The molecule has 1 aromatic rings. The molecule has 2 amide bonds. The second-order valence-corrected chi connectivity index (χ2v) is 2.83. The van der Waals surface area contributed by atoms with Gasteiger partial charge in [0.15, 0.2) is 0 Å². The third-order valence-corrected chi connectivity index (χ3v) is 1.77. The molecule has 0 radical (unpaired) electrons. The molecule has 0 fully saturated rings. The zero-order valence-corrected chi connectivity index (χ0v) is 6.72. The lowest BCUT2D eigenvalue weighted by molar-refractivity contribution is 0.250. The number of aromatic nitrogens is 1. The number of nitrogens with one attached hydrogen (secondary N) is 2. The molecule has 12 heavy (non-hydrogen) atoms. The van der Waals surface area contributed by atoms with Crippen LogP contribution in [0, 0.1) is 6.92 Å². The van der Waals surface area contributed by atoms with Gasteiger partial charge in [-0.2, -0.15) is 0 Å². The van der Waals surface area contributed by atoms with Gasteiger partial charge in [-0.15, -0.1) is 0 Å². The minimum atomic E-state index is -0.182. The molecule has 1 aromatic heterocycles. The van der Waals surface area contributed by atoms with Crippen molar-refractivity contribution >= 4 is 11.8 Å². The van der Waals surface area contributed by atoms with Gasteiger partial charge in [0, 0.05) is 18.3 Å². The molecule has 0 saturated heterocycles. The number of carbonyl (C=O) groups excluding carboxylic acids is 1. The summed E-state index contributed by atoms with van der Waals surface area (Å²) in [7, 11) is 0. The van der Waals surface area contributed by atoms with E-state index in [-0.39, 0.29) is 6.03 Å². The number of rotatable bonds is 0.